The fourth-order valence-electron chi connectivity index (χ4n) is 7.15. The molecule has 1 saturated heterocycles. The minimum absolute atomic E-state index is 0.180. The average molecular weight is 601 g/mol. The van der Waals surface area contributed by atoms with Crippen molar-refractivity contribution in [3.8, 4) is 17.2 Å². The molecule has 0 unspecified atom stereocenters. The van der Waals surface area contributed by atoms with E-state index >= 15 is 0 Å². The van der Waals surface area contributed by atoms with Gasteiger partial charge in [-0.15, -0.1) is 0 Å². The third kappa shape index (κ3) is 6.48. The number of benzene rings is 4. The van der Waals surface area contributed by atoms with Crippen LogP contribution in [0.15, 0.2) is 120 Å². The largest absolute Gasteiger partial charge is 0.508 e. The summed E-state index contributed by atoms with van der Waals surface area (Å²) in [6.45, 7) is 2.41. The molecule has 4 aromatic rings. The van der Waals surface area contributed by atoms with Gasteiger partial charge in [0.25, 0.3) is 0 Å². The maximum atomic E-state index is 9.97. The number of nitrogens with one attached hydrogen (secondary N) is 1. The zero-order valence-corrected chi connectivity index (χ0v) is 25.4. The molecule has 4 aromatic carbocycles. The van der Waals surface area contributed by atoms with Gasteiger partial charge in [-0.3, -0.25) is 4.99 Å². The van der Waals surface area contributed by atoms with E-state index in [9.17, 15) is 15.3 Å². The van der Waals surface area contributed by atoms with Crippen LogP contribution in [0.4, 0.5) is 0 Å². The molecule has 7 nitrogen and oxygen atoms in total. The predicted molar refractivity (Wildman–Crippen MR) is 177 cm³/mol. The molecule has 7 heteroatoms. The van der Waals surface area contributed by atoms with Crippen molar-refractivity contribution in [1.82, 2.24) is 15.1 Å². The summed E-state index contributed by atoms with van der Waals surface area (Å²) < 4.78 is 0. The zero-order chi connectivity index (χ0) is 30.8. The number of nitrogens with zero attached hydrogens (tertiary/aromatic N) is 3. The Morgan fingerprint density at radius 3 is 1.87 bits per heavy atom. The molecule has 3 aliphatic rings. The van der Waals surface area contributed by atoms with Gasteiger partial charge in [-0.25, -0.2) is 0 Å². The van der Waals surface area contributed by atoms with Crippen LogP contribution in [0.5, 0.6) is 17.2 Å². The number of hydrogen-bond acceptors (Lipinski definition) is 7. The lowest BCUT2D eigenvalue weighted by atomic mass is 9.85. The number of hydrogen-bond donors (Lipinski definition) is 4. The van der Waals surface area contributed by atoms with Crippen molar-refractivity contribution in [2.75, 3.05) is 19.6 Å². The minimum Gasteiger partial charge on any atom is -0.508 e. The monoisotopic (exact) mass is 600 g/mol. The second kappa shape index (κ2) is 12.2. The van der Waals surface area contributed by atoms with Crippen LogP contribution in [0.2, 0.25) is 0 Å². The summed E-state index contributed by atoms with van der Waals surface area (Å²) in [5.74, 6) is 2.97. The number of fused-ring (bicyclic) bond motifs is 2. The van der Waals surface area contributed by atoms with E-state index in [-0.39, 0.29) is 34.9 Å². The maximum absolute atomic E-state index is 9.97. The highest BCUT2D eigenvalue weighted by Gasteiger charge is 2.45. The molecular weight excluding hydrogens is 560 g/mol. The molecule has 3 atom stereocenters. The summed E-state index contributed by atoms with van der Waals surface area (Å²) in [4.78, 5) is 10.1. The van der Waals surface area contributed by atoms with Gasteiger partial charge in [0.15, 0.2) is 0 Å². The van der Waals surface area contributed by atoms with Gasteiger partial charge in [0.2, 0.25) is 0 Å². The first-order chi connectivity index (χ1) is 21.9. The molecule has 0 spiro atoms. The van der Waals surface area contributed by atoms with Crippen molar-refractivity contribution in [1.29, 1.82) is 0 Å². The molecule has 1 fully saturated rings. The van der Waals surface area contributed by atoms with Crippen LogP contribution in [0.3, 0.4) is 0 Å². The first-order valence-corrected chi connectivity index (χ1v) is 15.9. The van der Waals surface area contributed by atoms with Crippen molar-refractivity contribution in [2.45, 2.75) is 49.7 Å². The van der Waals surface area contributed by atoms with E-state index in [1.165, 1.54) is 22.3 Å². The van der Waals surface area contributed by atoms with Crippen LogP contribution in [-0.2, 0) is 25.7 Å². The van der Waals surface area contributed by atoms with Crippen LogP contribution in [0.1, 0.15) is 28.7 Å². The van der Waals surface area contributed by atoms with E-state index in [0.717, 1.165) is 63.4 Å². The van der Waals surface area contributed by atoms with E-state index < -0.39 is 0 Å². The van der Waals surface area contributed by atoms with Gasteiger partial charge in [0.1, 0.15) is 28.9 Å². The van der Waals surface area contributed by atoms with E-state index in [2.05, 4.69) is 51.5 Å². The Bertz CT molecular complexity index is 1670. The standard InChI is InChI=1S/C38H40N4O3/c43-33-12-6-28(7-13-33)20-31-24-39-36-22-37-40-38(19-18-27-4-2-1-3-5-27,23-30-10-16-35(45)17-11-30)26-42(37)32(25-41(31)36)21-29-8-14-34(44)15-9-29/h1-17,22,31-32,40,43-45H,18-21,23-26H2/t31-,32-,38-/m1/s1. The lowest BCUT2D eigenvalue weighted by Gasteiger charge is -2.35. The first kappa shape index (κ1) is 28.8. The Hall–Kier alpha value is -4.91. The van der Waals surface area contributed by atoms with Gasteiger partial charge < -0.3 is 30.4 Å². The van der Waals surface area contributed by atoms with Crippen LogP contribution < -0.4 is 5.32 Å². The number of rotatable bonds is 9. The van der Waals surface area contributed by atoms with Gasteiger partial charge in [-0.1, -0.05) is 66.7 Å². The molecule has 7 rings (SSSR count). The minimum atomic E-state index is -0.210. The van der Waals surface area contributed by atoms with Crippen LogP contribution >= 0.6 is 0 Å². The Morgan fingerprint density at radius 1 is 0.667 bits per heavy atom. The maximum Gasteiger partial charge on any atom is 0.127 e. The quantitative estimate of drug-likeness (QED) is 0.205. The van der Waals surface area contributed by atoms with Gasteiger partial charge in [0, 0.05) is 19.2 Å². The number of phenols is 3. The molecule has 4 N–H and O–H groups in total. The second-order valence-corrected chi connectivity index (χ2v) is 12.8. The van der Waals surface area contributed by atoms with Gasteiger partial charge in [-0.2, -0.15) is 0 Å². The van der Waals surface area contributed by atoms with Crippen LogP contribution in [0, 0.1) is 0 Å². The molecule has 230 valence electrons. The number of phenolic OH excluding ortho intramolecular Hbond substituents is 3. The fourth-order valence-corrected chi connectivity index (χ4v) is 7.15. The third-order valence-corrected chi connectivity index (χ3v) is 9.52. The molecule has 0 amide bonds. The molecular formula is C38H40N4O3. The molecule has 0 saturated carbocycles. The van der Waals surface area contributed by atoms with E-state index in [1.807, 2.05) is 36.4 Å². The van der Waals surface area contributed by atoms with E-state index in [0.29, 0.717) is 0 Å². The number of aryl methyl sites for hydroxylation is 1. The molecule has 0 aliphatic carbocycles. The SMILES string of the molecule is Oc1ccc(C[C@@H]2CN3C(=NC[C@H]3Cc3ccc(O)cc3)C=C3N[C@](CCc4ccccc4)(Cc4ccc(O)cc4)CN32)cc1. The predicted octanol–water partition coefficient (Wildman–Crippen LogP) is 5.41. The summed E-state index contributed by atoms with van der Waals surface area (Å²) >= 11 is 0. The van der Waals surface area contributed by atoms with Crippen molar-refractivity contribution in [3.63, 3.8) is 0 Å². The van der Waals surface area contributed by atoms with Crippen LogP contribution in [-0.4, -0.2) is 68.2 Å². The van der Waals surface area contributed by atoms with E-state index in [4.69, 9.17) is 4.99 Å². The molecule has 0 radical (unpaired) electrons. The third-order valence-electron chi connectivity index (χ3n) is 9.52. The summed E-state index contributed by atoms with van der Waals surface area (Å²) in [5.41, 5.74) is 4.68. The number of aliphatic imine (C=N–C) groups is 1. The van der Waals surface area contributed by atoms with Gasteiger partial charge in [-0.05, 0) is 90.8 Å². The van der Waals surface area contributed by atoms with Gasteiger partial charge >= 0.3 is 0 Å². The van der Waals surface area contributed by atoms with Crippen molar-refractivity contribution in [2.24, 2.45) is 4.99 Å². The van der Waals surface area contributed by atoms with Crippen molar-refractivity contribution in [3.05, 3.63) is 137 Å². The summed E-state index contributed by atoms with van der Waals surface area (Å²) in [5, 5.41) is 33.8. The Kier molecular flexibility index (Phi) is 7.84. The average Bonchev–Trinajstić information content (AvgIpc) is 3.56. The number of amidine groups is 1. The molecule has 3 aliphatic heterocycles. The van der Waals surface area contributed by atoms with E-state index in [1.54, 1.807) is 36.4 Å². The molecule has 3 heterocycles. The topological polar surface area (TPSA) is 91.6 Å². The summed E-state index contributed by atoms with van der Waals surface area (Å²) in [6.07, 6.45) is 6.68. The Labute approximate surface area is 264 Å². The van der Waals surface area contributed by atoms with Gasteiger partial charge in [0.05, 0.1) is 24.2 Å². The first-order valence-electron chi connectivity index (χ1n) is 15.9. The molecule has 45 heavy (non-hydrogen) atoms. The van der Waals surface area contributed by atoms with Crippen molar-refractivity contribution < 1.29 is 15.3 Å². The normalized spacial score (nSPS) is 22.2. The lowest BCUT2D eigenvalue weighted by molar-refractivity contribution is 0.201. The Morgan fingerprint density at radius 2 is 1.24 bits per heavy atom. The van der Waals surface area contributed by atoms with Crippen LogP contribution in [0.25, 0.3) is 0 Å². The smallest absolute Gasteiger partial charge is 0.127 e. The highest BCUT2D eigenvalue weighted by molar-refractivity contribution is 5.95. The van der Waals surface area contributed by atoms with Crippen molar-refractivity contribution >= 4 is 5.84 Å². The molecule has 0 aromatic heterocycles. The highest BCUT2D eigenvalue weighted by atomic mass is 16.3. The fraction of sp³-hybridized carbons (Fsp3) is 0.289. The summed E-state index contributed by atoms with van der Waals surface area (Å²) in [7, 11) is 0. The Balaban J connectivity index is 1.21. The lowest BCUT2D eigenvalue weighted by Crippen LogP contribution is -2.49. The zero-order valence-electron chi connectivity index (χ0n) is 25.4. The summed E-state index contributed by atoms with van der Waals surface area (Å²) in [6, 6.07) is 33.8. The molecule has 0 bridgehead atoms. The highest BCUT2D eigenvalue weighted by Crippen LogP contribution is 2.35. The number of aromatic hydroxyl groups is 3. The second-order valence-electron chi connectivity index (χ2n) is 12.8.